The molecule has 0 saturated heterocycles. The summed E-state index contributed by atoms with van der Waals surface area (Å²) >= 11 is 0. The Morgan fingerprint density at radius 2 is 2.24 bits per heavy atom. The van der Waals surface area contributed by atoms with Crippen molar-refractivity contribution in [3.63, 3.8) is 0 Å². The summed E-state index contributed by atoms with van der Waals surface area (Å²) in [4.78, 5) is 0. The van der Waals surface area contributed by atoms with Crippen molar-refractivity contribution in [3.8, 4) is 0 Å². The van der Waals surface area contributed by atoms with Gasteiger partial charge in [-0.05, 0) is 12.1 Å². The fourth-order valence-corrected chi connectivity index (χ4v) is 1.62. The highest BCUT2D eigenvalue weighted by Gasteiger charge is 2.06. The Balaban J connectivity index is 2.03. The maximum Gasteiger partial charge on any atom is 0.236 e. The highest BCUT2D eigenvalue weighted by atomic mass is 16.4. The average Bonchev–Trinajstić information content (AvgIpc) is 2.86. The standard InChI is InChI=1S/C12H18N4O/c1-9(2)13-7-11-5-4-6-16(11)8-12-15-14-10(3)17-12/h4-6,9,13H,7-8H2,1-3H3. The van der Waals surface area contributed by atoms with Crippen LogP contribution in [0.2, 0.25) is 0 Å². The highest BCUT2D eigenvalue weighted by molar-refractivity contribution is 5.08. The van der Waals surface area contributed by atoms with Gasteiger partial charge in [0.15, 0.2) is 0 Å². The van der Waals surface area contributed by atoms with E-state index >= 15 is 0 Å². The molecule has 2 rings (SSSR count). The van der Waals surface area contributed by atoms with Crippen LogP contribution in [0.5, 0.6) is 0 Å². The zero-order chi connectivity index (χ0) is 12.3. The molecule has 0 unspecified atom stereocenters. The molecule has 0 bridgehead atoms. The third-order valence-electron chi connectivity index (χ3n) is 2.49. The van der Waals surface area contributed by atoms with Crippen molar-refractivity contribution in [2.75, 3.05) is 0 Å². The molecule has 17 heavy (non-hydrogen) atoms. The van der Waals surface area contributed by atoms with Gasteiger partial charge in [-0.3, -0.25) is 0 Å². The SMILES string of the molecule is Cc1nnc(Cn2cccc2CNC(C)C)o1. The van der Waals surface area contributed by atoms with Gasteiger partial charge in [0.2, 0.25) is 11.8 Å². The number of hydrogen-bond donors (Lipinski definition) is 1. The normalized spacial score (nSPS) is 11.3. The smallest absolute Gasteiger partial charge is 0.236 e. The van der Waals surface area contributed by atoms with Crippen LogP contribution in [0.3, 0.4) is 0 Å². The van der Waals surface area contributed by atoms with Gasteiger partial charge in [-0.2, -0.15) is 0 Å². The van der Waals surface area contributed by atoms with Crippen molar-refractivity contribution in [1.82, 2.24) is 20.1 Å². The maximum atomic E-state index is 5.37. The van der Waals surface area contributed by atoms with Crippen LogP contribution in [0.25, 0.3) is 0 Å². The Morgan fingerprint density at radius 1 is 1.41 bits per heavy atom. The fraction of sp³-hybridized carbons (Fsp3) is 0.500. The molecule has 92 valence electrons. The molecule has 0 atom stereocenters. The third kappa shape index (κ3) is 3.17. The number of hydrogen-bond acceptors (Lipinski definition) is 4. The van der Waals surface area contributed by atoms with Crippen LogP contribution in [-0.2, 0) is 13.1 Å². The van der Waals surface area contributed by atoms with Crippen molar-refractivity contribution in [2.45, 2.75) is 39.9 Å². The van der Waals surface area contributed by atoms with Crippen LogP contribution in [0, 0.1) is 6.92 Å². The lowest BCUT2D eigenvalue weighted by atomic mass is 10.3. The molecule has 0 aliphatic rings. The molecule has 0 aliphatic carbocycles. The number of rotatable bonds is 5. The molecule has 0 saturated carbocycles. The largest absolute Gasteiger partial charge is 0.424 e. The van der Waals surface area contributed by atoms with Gasteiger partial charge in [0.1, 0.15) is 6.54 Å². The van der Waals surface area contributed by atoms with E-state index in [0.717, 1.165) is 6.54 Å². The Bertz CT molecular complexity index is 472. The van der Waals surface area contributed by atoms with Gasteiger partial charge in [-0.15, -0.1) is 10.2 Å². The lowest BCUT2D eigenvalue weighted by molar-refractivity contribution is 0.449. The van der Waals surface area contributed by atoms with Crippen molar-refractivity contribution in [2.24, 2.45) is 0 Å². The van der Waals surface area contributed by atoms with E-state index in [9.17, 15) is 0 Å². The Kier molecular flexibility index (Phi) is 3.58. The minimum atomic E-state index is 0.476. The van der Waals surface area contributed by atoms with E-state index in [-0.39, 0.29) is 0 Å². The van der Waals surface area contributed by atoms with Gasteiger partial charge in [0.25, 0.3) is 0 Å². The fourth-order valence-electron chi connectivity index (χ4n) is 1.62. The van der Waals surface area contributed by atoms with Crippen molar-refractivity contribution in [3.05, 3.63) is 35.8 Å². The predicted molar refractivity (Wildman–Crippen MR) is 64.5 cm³/mol. The molecule has 0 fully saturated rings. The molecular weight excluding hydrogens is 216 g/mol. The minimum absolute atomic E-state index is 0.476. The van der Waals surface area contributed by atoms with E-state index in [1.807, 2.05) is 12.3 Å². The van der Waals surface area contributed by atoms with Gasteiger partial charge < -0.3 is 14.3 Å². The van der Waals surface area contributed by atoms with Crippen molar-refractivity contribution in [1.29, 1.82) is 0 Å². The van der Waals surface area contributed by atoms with E-state index in [0.29, 0.717) is 24.4 Å². The van der Waals surface area contributed by atoms with E-state index in [2.05, 4.69) is 40.0 Å². The summed E-state index contributed by atoms with van der Waals surface area (Å²) in [5.74, 6) is 1.25. The second-order valence-electron chi connectivity index (χ2n) is 4.38. The van der Waals surface area contributed by atoms with Crippen LogP contribution >= 0.6 is 0 Å². The molecule has 0 aliphatic heterocycles. The minimum Gasteiger partial charge on any atom is -0.424 e. The summed E-state index contributed by atoms with van der Waals surface area (Å²) in [7, 11) is 0. The van der Waals surface area contributed by atoms with E-state index in [1.54, 1.807) is 6.92 Å². The van der Waals surface area contributed by atoms with Crippen molar-refractivity contribution < 1.29 is 4.42 Å². The van der Waals surface area contributed by atoms with Crippen LogP contribution in [0.15, 0.2) is 22.7 Å². The topological polar surface area (TPSA) is 55.9 Å². The van der Waals surface area contributed by atoms with Gasteiger partial charge in [-0.1, -0.05) is 13.8 Å². The number of nitrogens with one attached hydrogen (secondary N) is 1. The molecular formula is C12H18N4O. The second kappa shape index (κ2) is 5.14. The molecule has 0 amide bonds. The Labute approximate surface area is 101 Å². The number of nitrogens with zero attached hydrogens (tertiary/aromatic N) is 3. The molecule has 0 aromatic carbocycles. The molecule has 2 heterocycles. The van der Waals surface area contributed by atoms with Crippen molar-refractivity contribution >= 4 is 0 Å². The van der Waals surface area contributed by atoms with Gasteiger partial charge in [0, 0.05) is 31.4 Å². The Morgan fingerprint density at radius 3 is 2.88 bits per heavy atom. The highest BCUT2D eigenvalue weighted by Crippen LogP contribution is 2.07. The quantitative estimate of drug-likeness (QED) is 0.856. The molecule has 5 nitrogen and oxygen atoms in total. The zero-order valence-electron chi connectivity index (χ0n) is 10.5. The van der Waals surface area contributed by atoms with Crippen LogP contribution in [0.1, 0.15) is 31.3 Å². The Hall–Kier alpha value is -1.62. The van der Waals surface area contributed by atoms with E-state index in [1.165, 1.54) is 5.69 Å². The van der Waals surface area contributed by atoms with Crippen LogP contribution in [0.4, 0.5) is 0 Å². The van der Waals surface area contributed by atoms with Gasteiger partial charge in [0.05, 0.1) is 0 Å². The predicted octanol–water partition coefficient (Wildman–Crippen LogP) is 1.73. The third-order valence-corrected chi connectivity index (χ3v) is 2.49. The summed E-state index contributed by atoms with van der Waals surface area (Å²) in [5, 5.41) is 11.2. The number of aromatic nitrogens is 3. The first-order valence-electron chi connectivity index (χ1n) is 5.81. The van der Waals surface area contributed by atoms with Crippen LogP contribution in [-0.4, -0.2) is 20.8 Å². The first-order chi connectivity index (χ1) is 8.15. The first kappa shape index (κ1) is 11.9. The number of aryl methyl sites for hydroxylation is 1. The first-order valence-corrected chi connectivity index (χ1v) is 5.81. The monoisotopic (exact) mass is 234 g/mol. The lowest BCUT2D eigenvalue weighted by Crippen LogP contribution is -2.23. The maximum absolute atomic E-state index is 5.37. The molecule has 2 aromatic rings. The summed E-state index contributed by atoms with van der Waals surface area (Å²) in [5.41, 5.74) is 1.22. The molecule has 1 N–H and O–H groups in total. The van der Waals surface area contributed by atoms with Gasteiger partial charge >= 0.3 is 0 Å². The second-order valence-corrected chi connectivity index (χ2v) is 4.38. The molecule has 2 aromatic heterocycles. The molecule has 0 spiro atoms. The molecule has 5 heteroatoms. The van der Waals surface area contributed by atoms with E-state index < -0.39 is 0 Å². The average molecular weight is 234 g/mol. The summed E-state index contributed by atoms with van der Waals surface area (Å²) in [6, 6.07) is 4.60. The van der Waals surface area contributed by atoms with Crippen LogP contribution < -0.4 is 5.32 Å². The summed E-state index contributed by atoms with van der Waals surface area (Å²) < 4.78 is 7.49. The lowest BCUT2D eigenvalue weighted by Gasteiger charge is -2.10. The molecule has 0 radical (unpaired) electrons. The zero-order valence-corrected chi connectivity index (χ0v) is 10.5. The summed E-state index contributed by atoms with van der Waals surface area (Å²) in [6.07, 6.45) is 2.02. The van der Waals surface area contributed by atoms with E-state index in [4.69, 9.17) is 4.42 Å². The summed E-state index contributed by atoms with van der Waals surface area (Å²) in [6.45, 7) is 7.54. The van der Waals surface area contributed by atoms with Gasteiger partial charge in [-0.25, -0.2) is 0 Å².